The van der Waals surface area contributed by atoms with Gasteiger partial charge in [0.1, 0.15) is 11.9 Å². The van der Waals surface area contributed by atoms with Gasteiger partial charge in [-0.3, -0.25) is 4.79 Å². The van der Waals surface area contributed by atoms with E-state index in [1.165, 1.54) is 0 Å². The third-order valence-electron chi connectivity index (χ3n) is 4.56. The van der Waals surface area contributed by atoms with E-state index in [0.29, 0.717) is 35.3 Å². The number of ether oxygens (including phenoxy) is 2. The van der Waals surface area contributed by atoms with Gasteiger partial charge in [-0.05, 0) is 49.2 Å². The lowest BCUT2D eigenvalue weighted by molar-refractivity contribution is 0.0940. The van der Waals surface area contributed by atoms with Gasteiger partial charge in [0, 0.05) is 30.0 Å². The summed E-state index contributed by atoms with van der Waals surface area (Å²) in [5.41, 5.74) is 1.37. The lowest BCUT2D eigenvalue weighted by Crippen LogP contribution is -2.31. The van der Waals surface area contributed by atoms with Crippen LogP contribution in [0.25, 0.3) is 0 Å². The zero-order chi connectivity index (χ0) is 21.5. The molecule has 1 atom stereocenters. The highest BCUT2D eigenvalue weighted by atomic mass is 35.5. The van der Waals surface area contributed by atoms with Gasteiger partial charge in [-0.25, -0.2) is 4.98 Å². The van der Waals surface area contributed by atoms with Crippen molar-refractivity contribution in [2.45, 2.75) is 26.3 Å². The van der Waals surface area contributed by atoms with Crippen LogP contribution in [0, 0.1) is 0 Å². The number of imidazole rings is 1. The van der Waals surface area contributed by atoms with Crippen LogP contribution < -0.4 is 14.8 Å². The Morgan fingerprint density at radius 2 is 1.90 bits per heavy atom. The van der Waals surface area contributed by atoms with Gasteiger partial charge in [-0.2, -0.15) is 0 Å². The fourth-order valence-electron chi connectivity index (χ4n) is 3.07. The topological polar surface area (TPSA) is 65.4 Å². The molecule has 3 rings (SSSR count). The van der Waals surface area contributed by atoms with Crippen molar-refractivity contribution >= 4 is 17.5 Å². The van der Waals surface area contributed by atoms with E-state index in [1.54, 1.807) is 36.5 Å². The van der Waals surface area contributed by atoms with Crippen LogP contribution >= 0.6 is 11.6 Å². The van der Waals surface area contributed by atoms with Gasteiger partial charge in [0.25, 0.3) is 5.91 Å². The Balaban J connectivity index is 1.89. The van der Waals surface area contributed by atoms with Crippen LogP contribution in [0.15, 0.2) is 54.9 Å². The number of hydrogen-bond acceptors (Lipinski definition) is 4. The van der Waals surface area contributed by atoms with Crippen molar-refractivity contribution in [1.82, 2.24) is 14.9 Å². The second-order valence-electron chi connectivity index (χ2n) is 6.80. The Labute approximate surface area is 181 Å². The number of carbonyl (C=O) groups excluding carboxylic acids is 1. The lowest BCUT2D eigenvalue weighted by atomic mass is 10.1. The molecule has 0 radical (unpaired) electrons. The summed E-state index contributed by atoms with van der Waals surface area (Å²) in [4.78, 5) is 17.5. The van der Waals surface area contributed by atoms with Crippen LogP contribution in [0.2, 0.25) is 5.02 Å². The molecule has 3 aromatic rings. The van der Waals surface area contributed by atoms with Crippen molar-refractivity contribution in [1.29, 1.82) is 0 Å². The fraction of sp³-hybridized carbons (Fsp3) is 0.304. The normalized spacial score (nSPS) is 11.7. The number of halogens is 1. The summed E-state index contributed by atoms with van der Waals surface area (Å²) in [6, 6.07) is 12.2. The highest BCUT2D eigenvalue weighted by molar-refractivity contribution is 6.30. The summed E-state index contributed by atoms with van der Waals surface area (Å²) >= 11 is 6.04. The molecule has 30 heavy (non-hydrogen) atoms. The predicted octanol–water partition coefficient (Wildman–Crippen LogP) is 4.78. The van der Waals surface area contributed by atoms with Gasteiger partial charge in [0.2, 0.25) is 0 Å². The van der Waals surface area contributed by atoms with E-state index in [-0.39, 0.29) is 5.91 Å². The number of nitrogens with one attached hydrogen (secondary N) is 1. The monoisotopic (exact) mass is 427 g/mol. The highest BCUT2D eigenvalue weighted by Crippen LogP contribution is 2.29. The van der Waals surface area contributed by atoms with Gasteiger partial charge in [0.05, 0.1) is 13.2 Å². The summed E-state index contributed by atoms with van der Waals surface area (Å²) in [6.45, 7) is 5.00. The van der Waals surface area contributed by atoms with Crippen LogP contribution in [-0.4, -0.2) is 28.7 Å². The zero-order valence-electron chi connectivity index (χ0n) is 17.4. The number of aromatic nitrogens is 2. The number of amides is 1. The summed E-state index contributed by atoms with van der Waals surface area (Å²) in [6.07, 6.45) is 4.44. The Bertz CT molecular complexity index is 986. The van der Waals surface area contributed by atoms with Crippen LogP contribution in [0.1, 0.15) is 48.1 Å². The van der Waals surface area contributed by atoms with Gasteiger partial charge in [0.15, 0.2) is 11.5 Å². The molecular weight excluding hydrogens is 402 g/mol. The molecule has 0 aliphatic rings. The molecule has 158 valence electrons. The van der Waals surface area contributed by atoms with E-state index >= 15 is 0 Å². The maximum Gasteiger partial charge on any atom is 0.252 e. The lowest BCUT2D eigenvalue weighted by Gasteiger charge is -2.20. The Kier molecular flexibility index (Phi) is 7.36. The molecule has 1 aromatic heterocycles. The molecule has 1 N–H and O–H groups in total. The molecule has 1 amide bonds. The second kappa shape index (κ2) is 10.2. The summed E-state index contributed by atoms with van der Waals surface area (Å²) in [7, 11) is 1.89. The first-order valence-corrected chi connectivity index (χ1v) is 10.3. The molecule has 1 heterocycles. The number of hydrogen-bond donors (Lipinski definition) is 1. The molecule has 0 aliphatic heterocycles. The molecule has 7 heteroatoms. The maximum atomic E-state index is 13.1. The summed E-state index contributed by atoms with van der Waals surface area (Å²) in [5, 5.41) is 3.71. The number of nitrogens with zero attached hydrogens (tertiary/aromatic N) is 2. The van der Waals surface area contributed by atoms with Crippen LogP contribution in [-0.2, 0) is 7.05 Å². The van der Waals surface area contributed by atoms with Crippen LogP contribution in [0.5, 0.6) is 11.5 Å². The van der Waals surface area contributed by atoms with Crippen molar-refractivity contribution in [3.05, 3.63) is 76.8 Å². The smallest absolute Gasteiger partial charge is 0.252 e. The van der Waals surface area contributed by atoms with Crippen molar-refractivity contribution < 1.29 is 14.3 Å². The number of benzene rings is 2. The second-order valence-corrected chi connectivity index (χ2v) is 7.23. The largest absolute Gasteiger partial charge is 0.490 e. The molecule has 6 nitrogen and oxygen atoms in total. The molecule has 2 aromatic carbocycles. The predicted molar refractivity (Wildman–Crippen MR) is 117 cm³/mol. The average Bonchev–Trinajstić information content (AvgIpc) is 3.17. The molecule has 0 spiro atoms. The molecule has 0 fully saturated rings. The minimum atomic E-state index is -0.429. The first-order valence-electron chi connectivity index (χ1n) is 9.96. The first kappa shape index (κ1) is 21.7. The third kappa shape index (κ3) is 5.13. The van der Waals surface area contributed by atoms with Gasteiger partial charge in [-0.15, -0.1) is 0 Å². The van der Waals surface area contributed by atoms with E-state index in [0.717, 1.165) is 17.8 Å². The minimum Gasteiger partial charge on any atom is -0.490 e. The fourth-order valence-corrected chi connectivity index (χ4v) is 3.20. The average molecular weight is 428 g/mol. The quantitative estimate of drug-likeness (QED) is 0.533. The number of aryl methyl sites for hydroxylation is 1. The molecular formula is C23H26ClN3O3. The number of rotatable bonds is 9. The molecule has 0 unspecified atom stereocenters. The standard InChI is InChI=1S/C23H26ClN3O3/c1-4-14-30-19-11-8-17(15-20(19)29-5-2)23(28)26-21(22-25-12-13-27(22)3)16-6-9-18(24)10-7-16/h6-13,15,21H,4-5,14H2,1-3H3,(H,26,28)/t21-/m1/s1. The summed E-state index contributed by atoms with van der Waals surface area (Å²) < 4.78 is 13.3. The van der Waals surface area contributed by atoms with Gasteiger partial charge >= 0.3 is 0 Å². The van der Waals surface area contributed by atoms with E-state index in [4.69, 9.17) is 21.1 Å². The zero-order valence-corrected chi connectivity index (χ0v) is 18.1. The highest BCUT2D eigenvalue weighted by Gasteiger charge is 2.22. The van der Waals surface area contributed by atoms with E-state index in [1.807, 2.05) is 43.8 Å². The molecule has 0 saturated carbocycles. The van der Waals surface area contributed by atoms with Gasteiger partial charge in [-0.1, -0.05) is 30.7 Å². The molecule has 0 saturated heterocycles. The van der Waals surface area contributed by atoms with Crippen LogP contribution in [0.4, 0.5) is 0 Å². The van der Waals surface area contributed by atoms with E-state index in [9.17, 15) is 4.79 Å². The minimum absolute atomic E-state index is 0.235. The maximum absolute atomic E-state index is 13.1. The third-order valence-corrected chi connectivity index (χ3v) is 4.81. The number of carbonyl (C=O) groups is 1. The van der Waals surface area contributed by atoms with E-state index < -0.39 is 6.04 Å². The van der Waals surface area contributed by atoms with Crippen molar-refractivity contribution in [2.75, 3.05) is 13.2 Å². The van der Waals surface area contributed by atoms with Gasteiger partial charge < -0.3 is 19.4 Å². The van der Waals surface area contributed by atoms with Crippen molar-refractivity contribution in [2.24, 2.45) is 7.05 Å². The first-order chi connectivity index (χ1) is 14.5. The van der Waals surface area contributed by atoms with Crippen LogP contribution in [0.3, 0.4) is 0 Å². The Morgan fingerprint density at radius 1 is 1.13 bits per heavy atom. The Morgan fingerprint density at radius 3 is 2.53 bits per heavy atom. The molecule has 0 aliphatic carbocycles. The van der Waals surface area contributed by atoms with Crippen molar-refractivity contribution in [3.63, 3.8) is 0 Å². The molecule has 0 bridgehead atoms. The summed E-state index contributed by atoms with van der Waals surface area (Å²) in [5.74, 6) is 1.67. The van der Waals surface area contributed by atoms with E-state index in [2.05, 4.69) is 10.3 Å². The SMILES string of the molecule is CCCOc1ccc(C(=O)N[C@H](c2ccc(Cl)cc2)c2nccn2C)cc1OCC. The van der Waals surface area contributed by atoms with Crippen molar-refractivity contribution in [3.8, 4) is 11.5 Å². The Hall–Kier alpha value is -2.99.